The number of rotatable bonds is 4. The first-order valence-electron chi connectivity index (χ1n) is 6.84. The van der Waals surface area contributed by atoms with Gasteiger partial charge in [0.05, 0.1) is 23.1 Å². The second-order valence-corrected chi connectivity index (χ2v) is 5.21. The van der Waals surface area contributed by atoms with E-state index in [0.717, 1.165) is 0 Å². The van der Waals surface area contributed by atoms with E-state index in [1.165, 1.54) is 17.1 Å². The molecule has 0 radical (unpaired) electrons. The minimum atomic E-state index is -0.581. The van der Waals surface area contributed by atoms with Crippen LogP contribution >= 0.6 is 12.2 Å². The SMILES string of the molecule is CCOC(=O)C1=C(C)N(N)C(=S)NC1c1ccc([N+](=O)[O-])cc1. The summed E-state index contributed by atoms with van der Waals surface area (Å²) in [4.78, 5) is 22.5. The molecule has 2 rings (SSSR count). The van der Waals surface area contributed by atoms with Crippen LogP contribution in [0.4, 0.5) is 5.69 Å². The van der Waals surface area contributed by atoms with E-state index in [1.807, 2.05) is 0 Å². The zero-order valence-corrected chi connectivity index (χ0v) is 13.4. The highest BCUT2D eigenvalue weighted by Gasteiger charge is 2.33. The molecule has 1 atom stereocenters. The summed E-state index contributed by atoms with van der Waals surface area (Å²) in [6, 6.07) is 5.29. The monoisotopic (exact) mass is 336 g/mol. The fourth-order valence-electron chi connectivity index (χ4n) is 2.27. The first kappa shape index (κ1) is 16.8. The number of hydrazine groups is 1. The molecule has 3 N–H and O–H groups in total. The van der Waals surface area contributed by atoms with Gasteiger partial charge in [-0.05, 0) is 43.8 Å². The molecule has 1 heterocycles. The van der Waals surface area contributed by atoms with Crippen LogP contribution in [-0.2, 0) is 9.53 Å². The average molecular weight is 336 g/mol. The highest BCUT2D eigenvalue weighted by Crippen LogP contribution is 2.31. The van der Waals surface area contributed by atoms with Gasteiger partial charge in [0.15, 0.2) is 5.11 Å². The van der Waals surface area contributed by atoms with Crippen molar-refractivity contribution in [2.75, 3.05) is 6.61 Å². The summed E-state index contributed by atoms with van der Waals surface area (Å²) in [5.74, 6) is 5.31. The summed E-state index contributed by atoms with van der Waals surface area (Å²) < 4.78 is 5.08. The number of carbonyl (C=O) groups excluding carboxylic acids is 1. The Balaban J connectivity index is 2.46. The third kappa shape index (κ3) is 3.30. The highest BCUT2D eigenvalue weighted by atomic mass is 32.1. The van der Waals surface area contributed by atoms with Crippen LogP contribution in [0, 0.1) is 10.1 Å². The first-order valence-corrected chi connectivity index (χ1v) is 7.25. The number of nitro groups is 1. The molecule has 0 bridgehead atoms. The molecule has 0 aromatic heterocycles. The molecule has 1 aromatic rings. The van der Waals surface area contributed by atoms with E-state index in [-0.39, 0.29) is 17.4 Å². The molecule has 8 nitrogen and oxygen atoms in total. The summed E-state index contributed by atoms with van der Waals surface area (Å²) in [5.41, 5.74) is 1.40. The number of hydrogen-bond acceptors (Lipinski definition) is 6. The lowest BCUT2D eigenvalue weighted by Gasteiger charge is -2.34. The van der Waals surface area contributed by atoms with Crippen molar-refractivity contribution >= 4 is 29.0 Å². The predicted octanol–water partition coefficient (Wildman–Crippen LogP) is 1.54. The fourth-order valence-corrected chi connectivity index (χ4v) is 2.52. The van der Waals surface area contributed by atoms with Gasteiger partial charge in [-0.3, -0.25) is 15.1 Å². The maximum absolute atomic E-state index is 12.3. The van der Waals surface area contributed by atoms with E-state index in [9.17, 15) is 14.9 Å². The van der Waals surface area contributed by atoms with Gasteiger partial charge >= 0.3 is 5.97 Å². The maximum atomic E-state index is 12.3. The molecule has 9 heteroatoms. The molecule has 0 spiro atoms. The van der Waals surface area contributed by atoms with Gasteiger partial charge in [0.25, 0.3) is 5.69 Å². The summed E-state index contributed by atoms with van der Waals surface area (Å²) in [5, 5.41) is 15.2. The molecular formula is C14H16N4O4S. The molecule has 1 aromatic carbocycles. The van der Waals surface area contributed by atoms with Crippen molar-refractivity contribution in [3.63, 3.8) is 0 Å². The third-order valence-corrected chi connectivity index (χ3v) is 3.77. The number of carbonyl (C=O) groups is 1. The van der Waals surface area contributed by atoms with E-state index in [1.54, 1.807) is 26.0 Å². The Labute approximate surface area is 138 Å². The number of thiocarbonyl (C=S) groups is 1. The van der Waals surface area contributed by atoms with E-state index in [0.29, 0.717) is 16.8 Å². The van der Waals surface area contributed by atoms with Crippen LogP contribution in [0.2, 0.25) is 0 Å². The maximum Gasteiger partial charge on any atom is 0.338 e. The summed E-state index contributed by atoms with van der Waals surface area (Å²) in [6.45, 7) is 3.59. The lowest BCUT2D eigenvalue weighted by molar-refractivity contribution is -0.384. The number of allylic oxidation sites excluding steroid dienone is 1. The molecule has 1 unspecified atom stereocenters. The van der Waals surface area contributed by atoms with Crippen molar-refractivity contribution in [1.29, 1.82) is 0 Å². The number of nitrogens with zero attached hydrogens (tertiary/aromatic N) is 2. The standard InChI is InChI=1S/C14H16N4O4S/c1-3-22-13(19)11-8(2)17(15)14(23)16-12(11)9-4-6-10(7-5-9)18(20)21/h4-7,12H,3,15H2,1-2H3,(H,16,23). The highest BCUT2D eigenvalue weighted by molar-refractivity contribution is 7.80. The Morgan fingerprint density at radius 1 is 1.48 bits per heavy atom. The quantitative estimate of drug-likeness (QED) is 0.280. The molecule has 0 saturated carbocycles. The lowest BCUT2D eigenvalue weighted by atomic mass is 9.95. The van der Waals surface area contributed by atoms with Crippen LogP contribution in [0.5, 0.6) is 0 Å². The van der Waals surface area contributed by atoms with Crippen molar-refractivity contribution in [3.8, 4) is 0 Å². The fraction of sp³-hybridized carbons (Fsp3) is 0.286. The van der Waals surface area contributed by atoms with E-state index in [2.05, 4.69) is 5.32 Å². The minimum absolute atomic E-state index is 0.0361. The number of esters is 1. The van der Waals surface area contributed by atoms with Crippen LogP contribution in [0.15, 0.2) is 35.5 Å². The van der Waals surface area contributed by atoms with Gasteiger partial charge in [-0.15, -0.1) is 0 Å². The normalized spacial score (nSPS) is 17.8. The van der Waals surface area contributed by atoms with Crippen molar-refractivity contribution in [2.45, 2.75) is 19.9 Å². The van der Waals surface area contributed by atoms with Crippen LogP contribution in [0.3, 0.4) is 0 Å². The zero-order chi connectivity index (χ0) is 17.1. The van der Waals surface area contributed by atoms with Crippen LogP contribution < -0.4 is 11.2 Å². The van der Waals surface area contributed by atoms with Crippen LogP contribution in [0.1, 0.15) is 25.5 Å². The number of nitrogens with two attached hydrogens (primary N) is 1. The van der Waals surface area contributed by atoms with Gasteiger partial charge in [0, 0.05) is 17.8 Å². The molecule has 1 aliphatic rings. The molecule has 0 fully saturated rings. The molecule has 122 valence electrons. The number of ether oxygens (including phenoxy) is 1. The van der Waals surface area contributed by atoms with E-state index in [4.69, 9.17) is 22.8 Å². The second-order valence-electron chi connectivity index (χ2n) is 4.82. The summed E-state index contributed by atoms with van der Waals surface area (Å²) in [7, 11) is 0. The van der Waals surface area contributed by atoms with Crippen molar-refractivity contribution in [2.24, 2.45) is 5.84 Å². The number of non-ortho nitro benzene ring substituents is 1. The van der Waals surface area contributed by atoms with Gasteiger partial charge in [0.2, 0.25) is 0 Å². The Hall–Kier alpha value is -2.52. The van der Waals surface area contributed by atoms with Crippen molar-refractivity contribution < 1.29 is 14.5 Å². The summed E-state index contributed by atoms with van der Waals surface area (Å²) in [6.07, 6.45) is 0. The van der Waals surface area contributed by atoms with Gasteiger partial charge < -0.3 is 10.1 Å². The molecule has 1 aliphatic heterocycles. The number of nitro benzene ring substituents is 1. The Bertz CT molecular complexity index is 687. The third-order valence-electron chi connectivity index (χ3n) is 3.46. The number of hydrogen-bond donors (Lipinski definition) is 2. The van der Waals surface area contributed by atoms with E-state index >= 15 is 0 Å². The average Bonchev–Trinajstić information content (AvgIpc) is 2.52. The largest absolute Gasteiger partial charge is 0.463 e. The van der Waals surface area contributed by atoms with Crippen molar-refractivity contribution in [1.82, 2.24) is 10.3 Å². The van der Waals surface area contributed by atoms with Gasteiger partial charge in [-0.25, -0.2) is 10.6 Å². The van der Waals surface area contributed by atoms with Crippen LogP contribution in [-0.4, -0.2) is 27.6 Å². The molecule has 23 heavy (non-hydrogen) atoms. The smallest absolute Gasteiger partial charge is 0.338 e. The number of benzene rings is 1. The van der Waals surface area contributed by atoms with Gasteiger partial charge in [-0.2, -0.15) is 0 Å². The molecule has 0 amide bonds. The van der Waals surface area contributed by atoms with Crippen LogP contribution in [0.25, 0.3) is 0 Å². The van der Waals surface area contributed by atoms with E-state index < -0.39 is 16.9 Å². The molecule has 0 saturated heterocycles. The lowest BCUT2D eigenvalue weighted by Crippen LogP contribution is -2.50. The Morgan fingerprint density at radius 2 is 2.09 bits per heavy atom. The molecule has 0 aliphatic carbocycles. The van der Waals surface area contributed by atoms with Gasteiger partial charge in [-0.1, -0.05) is 0 Å². The van der Waals surface area contributed by atoms with Crippen molar-refractivity contribution in [3.05, 3.63) is 51.2 Å². The zero-order valence-electron chi connectivity index (χ0n) is 12.6. The predicted molar refractivity (Wildman–Crippen MR) is 86.9 cm³/mol. The molecular weight excluding hydrogens is 320 g/mol. The Kier molecular flexibility index (Phi) is 4.92. The summed E-state index contributed by atoms with van der Waals surface area (Å²) >= 11 is 5.15. The first-order chi connectivity index (χ1) is 10.9. The number of nitrogens with one attached hydrogen (secondary N) is 1. The Morgan fingerprint density at radius 3 is 2.61 bits per heavy atom. The van der Waals surface area contributed by atoms with Gasteiger partial charge in [0.1, 0.15) is 0 Å². The minimum Gasteiger partial charge on any atom is -0.463 e. The second kappa shape index (κ2) is 6.71. The topological polar surface area (TPSA) is 111 Å².